The Morgan fingerprint density at radius 3 is 2.89 bits per heavy atom. The number of hydrogen-bond donors (Lipinski definition) is 1. The zero-order valence-electron chi connectivity index (χ0n) is 10.9. The van der Waals surface area contributed by atoms with Crippen LogP contribution in [0.5, 0.6) is 0 Å². The van der Waals surface area contributed by atoms with Gasteiger partial charge >= 0.3 is 5.91 Å². The van der Waals surface area contributed by atoms with Gasteiger partial charge in [-0.25, -0.2) is 0 Å². The molecule has 5 heteroatoms. The van der Waals surface area contributed by atoms with Crippen molar-refractivity contribution in [2.75, 3.05) is 13.2 Å². The zero-order chi connectivity index (χ0) is 13.6. The Bertz CT molecular complexity index is 385. The lowest BCUT2D eigenvalue weighted by atomic mass is 10.4. The minimum atomic E-state index is -0.275. The highest BCUT2D eigenvalue weighted by Gasteiger charge is 2.10. The fraction of sp³-hybridized carbons (Fsp3) is 0.462. The molecule has 98 valence electrons. The first-order valence-corrected chi connectivity index (χ1v) is 6.38. The summed E-state index contributed by atoms with van der Waals surface area (Å²) >= 11 is 1.08. The highest BCUT2D eigenvalue weighted by atomic mass is 32.2. The second-order valence-corrected chi connectivity index (χ2v) is 3.74. The predicted octanol–water partition coefficient (Wildman–Crippen LogP) is 1.91. The van der Waals surface area contributed by atoms with Crippen molar-refractivity contribution in [3.63, 3.8) is 0 Å². The number of nitrogens with one attached hydrogen (secondary N) is 1. The van der Waals surface area contributed by atoms with E-state index in [9.17, 15) is 4.79 Å². The van der Waals surface area contributed by atoms with Crippen molar-refractivity contribution >= 4 is 18.0 Å². The maximum absolute atomic E-state index is 11.8. The van der Waals surface area contributed by atoms with Gasteiger partial charge in [0, 0.05) is 0 Å². The van der Waals surface area contributed by atoms with E-state index >= 15 is 0 Å². The SMILES string of the molecule is CC#CCC#CC(=O)N(CC=CC)SNOCC. The van der Waals surface area contributed by atoms with Gasteiger partial charge in [0.05, 0.1) is 31.7 Å². The van der Waals surface area contributed by atoms with E-state index in [1.54, 1.807) is 6.92 Å². The molecule has 0 aromatic heterocycles. The van der Waals surface area contributed by atoms with E-state index in [1.165, 1.54) is 4.31 Å². The van der Waals surface area contributed by atoms with E-state index in [4.69, 9.17) is 4.84 Å². The van der Waals surface area contributed by atoms with Gasteiger partial charge in [0.15, 0.2) is 0 Å². The Kier molecular flexibility index (Phi) is 11.1. The van der Waals surface area contributed by atoms with Crippen LogP contribution in [0.15, 0.2) is 12.2 Å². The van der Waals surface area contributed by atoms with Crippen LogP contribution in [-0.4, -0.2) is 23.4 Å². The third-order valence-electron chi connectivity index (χ3n) is 1.63. The van der Waals surface area contributed by atoms with Crippen molar-refractivity contribution in [1.29, 1.82) is 0 Å². The summed E-state index contributed by atoms with van der Waals surface area (Å²) in [6, 6.07) is 0. The Balaban J connectivity index is 4.34. The first-order chi connectivity index (χ1) is 8.76. The molecule has 0 saturated heterocycles. The van der Waals surface area contributed by atoms with Gasteiger partial charge < -0.3 is 0 Å². The highest BCUT2D eigenvalue weighted by Crippen LogP contribution is 2.05. The molecular weight excluding hydrogens is 248 g/mol. The molecule has 0 rings (SSSR count). The molecular formula is C13H18N2O2S. The van der Waals surface area contributed by atoms with Crippen LogP contribution in [0.2, 0.25) is 0 Å². The minimum absolute atomic E-state index is 0.275. The van der Waals surface area contributed by atoms with Gasteiger partial charge in [-0.3, -0.25) is 13.9 Å². The van der Waals surface area contributed by atoms with Crippen LogP contribution in [0.4, 0.5) is 0 Å². The molecule has 0 aromatic carbocycles. The smallest absolute Gasteiger partial charge is 0.290 e. The summed E-state index contributed by atoms with van der Waals surface area (Å²) in [4.78, 5) is 19.3. The first kappa shape index (κ1) is 16.6. The van der Waals surface area contributed by atoms with Crippen molar-refractivity contribution < 1.29 is 9.63 Å². The molecule has 0 radical (unpaired) electrons. The highest BCUT2D eigenvalue weighted by molar-refractivity contribution is 7.95. The number of rotatable bonds is 6. The van der Waals surface area contributed by atoms with E-state index in [1.807, 2.05) is 26.0 Å². The molecule has 0 fully saturated rings. The van der Waals surface area contributed by atoms with Gasteiger partial charge in [-0.15, -0.1) is 10.8 Å². The van der Waals surface area contributed by atoms with E-state index in [0.717, 1.165) is 12.1 Å². The van der Waals surface area contributed by atoms with Crippen molar-refractivity contribution in [1.82, 2.24) is 9.19 Å². The summed E-state index contributed by atoms with van der Waals surface area (Å²) in [6.07, 6.45) is 4.15. The zero-order valence-corrected chi connectivity index (χ0v) is 11.8. The monoisotopic (exact) mass is 266 g/mol. The first-order valence-electron chi connectivity index (χ1n) is 5.61. The van der Waals surface area contributed by atoms with Crippen LogP contribution in [0.25, 0.3) is 0 Å². The number of hydrogen-bond acceptors (Lipinski definition) is 4. The van der Waals surface area contributed by atoms with E-state index in [2.05, 4.69) is 28.6 Å². The van der Waals surface area contributed by atoms with Gasteiger partial charge in [0.25, 0.3) is 0 Å². The number of allylic oxidation sites excluding steroid dienone is 1. The molecule has 4 nitrogen and oxygen atoms in total. The number of carbonyl (C=O) groups excluding carboxylic acids is 1. The summed E-state index contributed by atoms with van der Waals surface area (Å²) in [5.41, 5.74) is 0. The van der Waals surface area contributed by atoms with Crippen LogP contribution in [0.1, 0.15) is 27.2 Å². The number of carbonyl (C=O) groups is 1. The topological polar surface area (TPSA) is 41.6 Å². The Hall–Kier alpha value is -1.40. The van der Waals surface area contributed by atoms with Gasteiger partial charge in [0.1, 0.15) is 0 Å². The van der Waals surface area contributed by atoms with Crippen LogP contribution >= 0.6 is 12.1 Å². The van der Waals surface area contributed by atoms with Crippen molar-refractivity contribution in [3.05, 3.63) is 12.2 Å². The van der Waals surface area contributed by atoms with Crippen LogP contribution < -0.4 is 4.89 Å². The average Bonchev–Trinajstić information content (AvgIpc) is 2.38. The molecule has 0 atom stereocenters. The van der Waals surface area contributed by atoms with Crippen LogP contribution in [0.3, 0.4) is 0 Å². The predicted molar refractivity (Wildman–Crippen MR) is 74.7 cm³/mol. The normalized spacial score (nSPS) is 9.28. The molecule has 0 unspecified atom stereocenters. The maximum Gasteiger partial charge on any atom is 0.309 e. The van der Waals surface area contributed by atoms with Crippen molar-refractivity contribution in [2.45, 2.75) is 27.2 Å². The maximum atomic E-state index is 11.8. The fourth-order valence-corrected chi connectivity index (χ4v) is 1.36. The van der Waals surface area contributed by atoms with Gasteiger partial charge in [0.2, 0.25) is 0 Å². The Morgan fingerprint density at radius 1 is 1.50 bits per heavy atom. The molecule has 0 aliphatic carbocycles. The summed E-state index contributed by atoms with van der Waals surface area (Å²) in [7, 11) is 0. The molecule has 1 amide bonds. The lowest BCUT2D eigenvalue weighted by molar-refractivity contribution is -0.120. The van der Waals surface area contributed by atoms with Crippen molar-refractivity contribution in [3.8, 4) is 23.7 Å². The summed E-state index contributed by atoms with van der Waals surface area (Å²) < 4.78 is 1.47. The minimum Gasteiger partial charge on any atom is -0.290 e. The molecule has 0 aliphatic rings. The average molecular weight is 266 g/mol. The van der Waals surface area contributed by atoms with Crippen LogP contribution in [0, 0.1) is 23.7 Å². The molecule has 0 spiro atoms. The third kappa shape index (κ3) is 8.72. The van der Waals surface area contributed by atoms with E-state index in [-0.39, 0.29) is 5.91 Å². The van der Waals surface area contributed by atoms with Crippen LogP contribution in [-0.2, 0) is 9.63 Å². The van der Waals surface area contributed by atoms with E-state index < -0.39 is 0 Å². The summed E-state index contributed by atoms with van der Waals surface area (Å²) in [5, 5.41) is 0. The molecule has 1 N–H and O–H groups in total. The Morgan fingerprint density at radius 2 is 2.28 bits per heavy atom. The molecule has 0 aromatic rings. The van der Waals surface area contributed by atoms with Gasteiger partial charge in [-0.2, -0.15) is 0 Å². The van der Waals surface area contributed by atoms with E-state index in [0.29, 0.717) is 19.6 Å². The molecule has 0 saturated carbocycles. The molecule has 18 heavy (non-hydrogen) atoms. The van der Waals surface area contributed by atoms with Gasteiger partial charge in [-0.1, -0.05) is 24.0 Å². The van der Waals surface area contributed by atoms with Crippen molar-refractivity contribution in [2.24, 2.45) is 0 Å². The summed E-state index contributed by atoms with van der Waals surface area (Å²) in [5.74, 6) is 10.5. The lowest BCUT2D eigenvalue weighted by Crippen LogP contribution is -2.27. The second kappa shape index (κ2) is 12.1. The fourth-order valence-electron chi connectivity index (χ4n) is 0.808. The third-order valence-corrected chi connectivity index (χ3v) is 2.36. The van der Waals surface area contributed by atoms with Gasteiger partial charge in [-0.05, 0) is 26.7 Å². The second-order valence-electron chi connectivity index (χ2n) is 2.95. The number of amides is 1. The Labute approximate surface area is 113 Å². The largest absolute Gasteiger partial charge is 0.309 e. The quantitative estimate of drug-likeness (QED) is 0.262. The standard InChI is InChI=1S/C13H18N2O2S/c1-4-7-9-10-11-13(16)15(12-8-5-2)18-14-17-6-3/h5,8,14H,6,9,12H2,1-3H3. The summed E-state index contributed by atoms with van der Waals surface area (Å²) in [6.45, 7) is 6.48. The lowest BCUT2D eigenvalue weighted by Gasteiger charge is -2.16. The molecule has 0 bridgehead atoms. The molecule has 0 aliphatic heterocycles. The molecule has 0 heterocycles. The number of nitrogens with zero attached hydrogens (tertiary/aromatic N) is 1.